The molecule has 9 nitrogen and oxygen atoms in total. The van der Waals surface area contributed by atoms with Crippen molar-refractivity contribution in [3.63, 3.8) is 0 Å². The molecular weight excluding hydrogens is 613 g/mol. The van der Waals surface area contributed by atoms with Gasteiger partial charge in [0.1, 0.15) is 12.6 Å². The number of amides is 2. The number of hydrogen-bond acceptors (Lipinski definition) is 6. The summed E-state index contributed by atoms with van der Waals surface area (Å²) >= 11 is 12.9. The van der Waals surface area contributed by atoms with Crippen molar-refractivity contribution in [2.75, 3.05) is 25.1 Å². The maximum absolute atomic E-state index is 14.1. The molecule has 0 unspecified atom stereocenters. The van der Waals surface area contributed by atoms with Gasteiger partial charge in [-0.05, 0) is 71.0 Å². The van der Waals surface area contributed by atoms with E-state index in [1.807, 2.05) is 27.7 Å². The van der Waals surface area contributed by atoms with Crippen LogP contribution in [-0.2, 0) is 26.2 Å². The molecule has 0 aliphatic carbocycles. The van der Waals surface area contributed by atoms with Crippen LogP contribution in [0.3, 0.4) is 0 Å². The van der Waals surface area contributed by atoms with Crippen molar-refractivity contribution in [2.24, 2.45) is 0 Å². The highest BCUT2D eigenvalue weighted by molar-refractivity contribution is 7.92. The molecule has 232 valence electrons. The van der Waals surface area contributed by atoms with Crippen LogP contribution in [0.1, 0.15) is 38.8 Å². The van der Waals surface area contributed by atoms with E-state index in [0.717, 1.165) is 9.87 Å². The van der Waals surface area contributed by atoms with Crippen LogP contribution in [0, 0.1) is 6.92 Å². The van der Waals surface area contributed by atoms with Crippen LogP contribution < -0.4 is 19.1 Å². The van der Waals surface area contributed by atoms with E-state index in [2.05, 4.69) is 5.32 Å². The Morgan fingerprint density at radius 2 is 1.51 bits per heavy atom. The number of benzene rings is 3. The lowest BCUT2D eigenvalue weighted by Crippen LogP contribution is -2.54. The third-order valence-electron chi connectivity index (χ3n) is 6.60. The summed E-state index contributed by atoms with van der Waals surface area (Å²) in [5.41, 5.74) is 1.02. The van der Waals surface area contributed by atoms with Crippen LogP contribution in [0.15, 0.2) is 65.6 Å². The van der Waals surface area contributed by atoms with Crippen molar-refractivity contribution < 1.29 is 27.5 Å². The van der Waals surface area contributed by atoms with Crippen LogP contribution in [0.2, 0.25) is 10.0 Å². The van der Waals surface area contributed by atoms with Crippen molar-refractivity contribution in [2.45, 2.75) is 57.6 Å². The molecule has 0 bridgehead atoms. The first-order chi connectivity index (χ1) is 20.1. The molecule has 0 saturated carbocycles. The number of hydrogen-bond donors (Lipinski definition) is 1. The number of sulfonamides is 1. The van der Waals surface area contributed by atoms with Crippen molar-refractivity contribution in [1.82, 2.24) is 10.2 Å². The Kier molecular flexibility index (Phi) is 11.0. The first-order valence-corrected chi connectivity index (χ1v) is 15.6. The van der Waals surface area contributed by atoms with E-state index in [1.165, 1.54) is 37.3 Å². The van der Waals surface area contributed by atoms with Crippen LogP contribution in [0.25, 0.3) is 0 Å². The van der Waals surface area contributed by atoms with Gasteiger partial charge in [0.25, 0.3) is 10.0 Å². The predicted molar refractivity (Wildman–Crippen MR) is 170 cm³/mol. The fourth-order valence-electron chi connectivity index (χ4n) is 4.25. The van der Waals surface area contributed by atoms with E-state index in [1.54, 1.807) is 49.4 Å². The lowest BCUT2D eigenvalue weighted by molar-refractivity contribution is -0.140. The van der Waals surface area contributed by atoms with Crippen LogP contribution in [0.4, 0.5) is 5.69 Å². The molecule has 0 aliphatic rings. The standard InChI is InChI=1S/C31H37Cl2N3O6S/c1-20-11-13-22(14-12-20)36(43(39,40)23-15-16-27(41-6)28(17-23)42-7)19-29(37)35(21(2)30(38)34-31(3,4)5)18-24-25(32)9-8-10-26(24)33/h8-17,21H,18-19H2,1-7H3,(H,34,38)/t21-/m0/s1. The Bertz CT molecular complexity index is 1550. The van der Waals surface area contributed by atoms with Gasteiger partial charge in [-0.2, -0.15) is 0 Å². The van der Waals surface area contributed by atoms with Gasteiger partial charge in [-0.3, -0.25) is 13.9 Å². The van der Waals surface area contributed by atoms with Gasteiger partial charge in [0.05, 0.1) is 24.8 Å². The summed E-state index contributed by atoms with van der Waals surface area (Å²) in [5, 5.41) is 3.50. The Morgan fingerprint density at radius 1 is 0.930 bits per heavy atom. The number of aryl methyl sites for hydroxylation is 1. The van der Waals surface area contributed by atoms with Gasteiger partial charge in [-0.25, -0.2) is 8.42 Å². The molecule has 12 heteroatoms. The molecule has 0 heterocycles. The predicted octanol–water partition coefficient (Wildman–Crippen LogP) is 5.85. The van der Waals surface area contributed by atoms with Gasteiger partial charge in [0, 0.05) is 33.8 Å². The van der Waals surface area contributed by atoms with E-state index in [4.69, 9.17) is 32.7 Å². The first kappa shape index (κ1) is 34.0. The van der Waals surface area contributed by atoms with Crippen molar-refractivity contribution in [3.05, 3.63) is 81.8 Å². The SMILES string of the molecule is COc1ccc(S(=O)(=O)N(CC(=O)N(Cc2c(Cl)cccc2Cl)[C@@H](C)C(=O)NC(C)(C)C)c2ccc(C)cc2)cc1OC. The largest absolute Gasteiger partial charge is 0.493 e. The molecule has 3 aromatic carbocycles. The number of halogens is 2. The van der Waals surface area contributed by atoms with Crippen LogP contribution in [0.5, 0.6) is 11.5 Å². The molecule has 0 aliphatic heterocycles. The minimum absolute atomic E-state index is 0.113. The van der Waals surface area contributed by atoms with Gasteiger partial charge >= 0.3 is 0 Å². The second-order valence-corrected chi connectivity index (χ2v) is 13.7. The summed E-state index contributed by atoms with van der Waals surface area (Å²) in [4.78, 5) is 28.6. The summed E-state index contributed by atoms with van der Waals surface area (Å²) in [5.74, 6) is -0.507. The Labute approximate surface area is 263 Å². The lowest BCUT2D eigenvalue weighted by atomic mass is 10.1. The zero-order valence-corrected chi connectivity index (χ0v) is 27.6. The number of anilines is 1. The number of ether oxygens (including phenoxy) is 2. The molecule has 0 fully saturated rings. The zero-order valence-electron chi connectivity index (χ0n) is 25.3. The van der Waals surface area contributed by atoms with E-state index in [0.29, 0.717) is 21.4 Å². The van der Waals surface area contributed by atoms with Gasteiger partial charge in [-0.1, -0.05) is 47.0 Å². The number of nitrogens with one attached hydrogen (secondary N) is 1. The highest BCUT2D eigenvalue weighted by Gasteiger charge is 2.34. The maximum atomic E-state index is 14.1. The molecule has 3 rings (SSSR count). The van der Waals surface area contributed by atoms with E-state index >= 15 is 0 Å². The van der Waals surface area contributed by atoms with Crippen molar-refractivity contribution in [1.29, 1.82) is 0 Å². The molecule has 43 heavy (non-hydrogen) atoms. The number of carbonyl (C=O) groups excluding carboxylic acids is 2. The van der Waals surface area contributed by atoms with Gasteiger partial charge in [0.15, 0.2) is 11.5 Å². The van der Waals surface area contributed by atoms with Crippen molar-refractivity contribution in [3.8, 4) is 11.5 Å². The summed E-state index contributed by atoms with van der Waals surface area (Å²) in [6.45, 7) is 8.16. The van der Waals surface area contributed by atoms with E-state index in [-0.39, 0.29) is 22.9 Å². The quantitative estimate of drug-likeness (QED) is 0.280. The Balaban J connectivity index is 2.11. The summed E-state index contributed by atoms with van der Waals surface area (Å²) in [7, 11) is -1.47. The molecule has 2 amide bonds. The molecule has 1 atom stereocenters. The summed E-state index contributed by atoms with van der Waals surface area (Å²) in [6.07, 6.45) is 0. The zero-order chi connectivity index (χ0) is 32.1. The molecule has 0 aromatic heterocycles. The third-order valence-corrected chi connectivity index (χ3v) is 9.08. The van der Waals surface area contributed by atoms with E-state index < -0.39 is 40.0 Å². The normalized spacial score (nSPS) is 12.3. The topological polar surface area (TPSA) is 105 Å². The van der Waals surface area contributed by atoms with Gasteiger partial charge in [-0.15, -0.1) is 0 Å². The molecule has 0 spiro atoms. The van der Waals surface area contributed by atoms with Crippen LogP contribution in [-0.4, -0.2) is 57.5 Å². The monoisotopic (exact) mass is 649 g/mol. The smallest absolute Gasteiger partial charge is 0.264 e. The van der Waals surface area contributed by atoms with E-state index in [9.17, 15) is 18.0 Å². The molecule has 1 N–H and O–H groups in total. The maximum Gasteiger partial charge on any atom is 0.264 e. The Morgan fingerprint density at radius 3 is 2.05 bits per heavy atom. The lowest BCUT2D eigenvalue weighted by Gasteiger charge is -2.34. The first-order valence-electron chi connectivity index (χ1n) is 13.4. The minimum Gasteiger partial charge on any atom is -0.493 e. The highest BCUT2D eigenvalue weighted by atomic mass is 35.5. The van der Waals surface area contributed by atoms with Gasteiger partial charge < -0.3 is 19.7 Å². The second-order valence-electron chi connectivity index (χ2n) is 11.0. The van der Waals surface area contributed by atoms with Crippen LogP contribution >= 0.6 is 23.2 Å². The van der Waals surface area contributed by atoms with Crippen molar-refractivity contribution >= 4 is 50.7 Å². The summed E-state index contributed by atoms with van der Waals surface area (Å²) in [6, 6.07) is 14.9. The average Bonchev–Trinajstić information content (AvgIpc) is 2.94. The molecular formula is C31H37Cl2N3O6S. The number of rotatable bonds is 11. The minimum atomic E-state index is -4.32. The molecule has 0 saturated heterocycles. The average molecular weight is 651 g/mol. The fraction of sp³-hybridized carbons (Fsp3) is 0.355. The number of methoxy groups -OCH3 is 2. The number of nitrogens with zero attached hydrogens (tertiary/aromatic N) is 2. The molecule has 0 radical (unpaired) electrons. The Hall–Kier alpha value is -3.47. The third kappa shape index (κ3) is 8.34. The van der Waals surface area contributed by atoms with Gasteiger partial charge in [0.2, 0.25) is 11.8 Å². The highest BCUT2D eigenvalue weighted by Crippen LogP contribution is 2.33. The number of carbonyl (C=O) groups is 2. The molecule has 3 aromatic rings. The fourth-order valence-corrected chi connectivity index (χ4v) is 6.20. The second kappa shape index (κ2) is 13.9. The summed E-state index contributed by atoms with van der Waals surface area (Å²) < 4.78 is 39.9.